The standard InChI is InChI=1S/C23H25F3N4O3/c1-22(2,3)20-19(28-14-29-20)12-16(13-31)30-21(32)18(27-4)7-5-6-15-8-10-17(11-9-15)33-23(24,25)26/h5-14,27H,1-4H3,(H,28,29)(H,30,32)/b6-5+,16-12-,18-7-. The number of allylic oxidation sites excluding steroid dienone is 3. The lowest BCUT2D eigenvalue weighted by atomic mass is 9.90. The van der Waals surface area contributed by atoms with Crippen LogP contribution in [0.2, 0.25) is 0 Å². The lowest BCUT2D eigenvalue weighted by molar-refractivity contribution is -0.274. The molecule has 0 fully saturated rings. The van der Waals surface area contributed by atoms with E-state index in [0.29, 0.717) is 17.5 Å². The number of carbonyl (C=O) groups excluding carboxylic acids is 2. The molecule has 0 spiro atoms. The normalized spacial score (nSPS) is 13.2. The Morgan fingerprint density at radius 1 is 1.15 bits per heavy atom. The second kappa shape index (κ2) is 10.7. The summed E-state index contributed by atoms with van der Waals surface area (Å²) in [6.07, 6.45) is 3.37. The highest BCUT2D eigenvalue weighted by atomic mass is 19.4. The van der Waals surface area contributed by atoms with Gasteiger partial charge in [-0.3, -0.25) is 9.59 Å². The van der Waals surface area contributed by atoms with Crippen molar-refractivity contribution in [1.82, 2.24) is 20.6 Å². The summed E-state index contributed by atoms with van der Waals surface area (Å²) in [6, 6.07) is 5.25. The highest BCUT2D eigenvalue weighted by molar-refractivity contribution is 5.99. The average Bonchev–Trinajstić information content (AvgIpc) is 3.19. The second-order valence-corrected chi connectivity index (χ2v) is 7.89. The molecule has 2 rings (SSSR count). The molecular formula is C23H25F3N4O3. The van der Waals surface area contributed by atoms with Crippen LogP contribution in [0.25, 0.3) is 12.2 Å². The minimum Gasteiger partial charge on any atom is -0.406 e. The lowest BCUT2D eigenvalue weighted by Gasteiger charge is -2.17. The van der Waals surface area contributed by atoms with Crippen molar-refractivity contribution < 1.29 is 27.5 Å². The van der Waals surface area contributed by atoms with E-state index in [2.05, 4.69) is 25.3 Å². The molecule has 0 aliphatic rings. The second-order valence-electron chi connectivity index (χ2n) is 7.89. The monoisotopic (exact) mass is 462 g/mol. The molecular weight excluding hydrogens is 437 g/mol. The average molecular weight is 462 g/mol. The first-order valence-electron chi connectivity index (χ1n) is 9.87. The van der Waals surface area contributed by atoms with E-state index >= 15 is 0 Å². The Kier molecular flexibility index (Phi) is 8.22. The van der Waals surface area contributed by atoms with Crippen molar-refractivity contribution in [2.75, 3.05) is 7.05 Å². The summed E-state index contributed by atoms with van der Waals surface area (Å²) in [5, 5.41) is 5.26. The Balaban J connectivity index is 2.10. The number of alkyl halides is 3. The van der Waals surface area contributed by atoms with Gasteiger partial charge in [-0.05, 0) is 29.8 Å². The van der Waals surface area contributed by atoms with Crippen molar-refractivity contribution in [3.63, 3.8) is 0 Å². The summed E-state index contributed by atoms with van der Waals surface area (Å²) in [6.45, 7) is 5.96. The Morgan fingerprint density at radius 2 is 1.82 bits per heavy atom. The molecule has 7 nitrogen and oxygen atoms in total. The predicted octanol–water partition coefficient (Wildman–Crippen LogP) is 4.08. The molecule has 10 heteroatoms. The zero-order valence-corrected chi connectivity index (χ0v) is 18.6. The maximum atomic E-state index is 12.5. The number of aldehydes is 1. The molecule has 1 aromatic carbocycles. The topological polar surface area (TPSA) is 96.1 Å². The quantitative estimate of drug-likeness (QED) is 0.312. The number of H-pyrrole nitrogens is 1. The summed E-state index contributed by atoms with van der Waals surface area (Å²) in [7, 11) is 1.54. The van der Waals surface area contributed by atoms with Crippen molar-refractivity contribution in [2.45, 2.75) is 32.5 Å². The molecule has 1 aromatic heterocycles. The number of benzene rings is 1. The SMILES string of the molecule is CN/C(=C\C=C\c1ccc(OC(F)(F)F)cc1)C(=O)N/C(C=O)=C\c1nc[nH]c1C(C)(C)C. The Labute approximate surface area is 189 Å². The van der Waals surface area contributed by atoms with E-state index in [-0.39, 0.29) is 22.6 Å². The maximum Gasteiger partial charge on any atom is 0.573 e. The Hall–Kier alpha value is -3.82. The third-order valence-corrected chi connectivity index (χ3v) is 4.27. The van der Waals surface area contributed by atoms with Gasteiger partial charge in [0.25, 0.3) is 5.91 Å². The number of rotatable bonds is 8. The molecule has 0 saturated heterocycles. The molecule has 2 aromatic rings. The first-order valence-corrected chi connectivity index (χ1v) is 9.87. The van der Waals surface area contributed by atoms with Gasteiger partial charge >= 0.3 is 6.36 Å². The molecule has 176 valence electrons. The maximum absolute atomic E-state index is 12.5. The van der Waals surface area contributed by atoms with Gasteiger partial charge in [0.1, 0.15) is 5.75 Å². The van der Waals surface area contributed by atoms with Crippen LogP contribution in [-0.2, 0) is 15.0 Å². The highest BCUT2D eigenvalue weighted by Gasteiger charge is 2.30. The first-order chi connectivity index (χ1) is 15.4. The summed E-state index contributed by atoms with van der Waals surface area (Å²) in [5.41, 5.74) is 1.90. The Bertz CT molecular complexity index is 1060. The number of ether oxygens (including phenoxy) is 1. The van der Waals surface area contributed by atoms with Crippen LogP contribution >= 0.6 is 0 Å². The van der Waals surface area contributed by atoms with Gasteiger partial charge < -0.3 is 20.4 Å². The van der Waals surface area contributed by atoms with Gasteiger partial charge in [-0.1, -0.05) is 45.1 Å². The van der Waals surface area contributed by atoms with Crippen LogP contribution in [0, 0.1) is 0 Å². The van der Waals surface area contributed by atoms with E-state index < -0.39 is 12.3 Å². The molecule has 0 atom stereocenters. The number of carbonyl (C=O) groups is 2. The predicted molar refractivity (Wildman–Crippen MR) is 119 cm³/mol. The Morgan fingerprint density at radius 3 is 2.36 bits per heavy atom. The van der Waals surface area contributed by atoms with Crippen LogP contribution < -0.4 is 15.4 Å². The van der Waals surface area contributed by atoms with Gasteiger partial charge in [0.2, 0.25) is 0 Å². The van der Waals surface area contributed by atoms with Crippen molar-refractivity contribution >= 4 is 24.3 Å². The van der Waals surface area contributed by atoms with Crippen molar-refractivity contribution in [1.29, 1.82) is 0 Å². The van der Waals surface area contributed by atoms with E-state index in [1.54, 1.807) is 12.2 Å². The zero-order valence-electron chi connectivity index (χ0n) is 18.6. The molecule has 0 bridgehead atoms. The molecule has 0 saturated carbocycles. The van der Waals surface area contributed by atoms with E-state index in [0.717, 1.165) is 5.69 Å². The number of aromatic amines is 1. The summed E-state index contributed by atoms with van der Waals surface area (Å²) >= 11 is 0. The molecule has 0 aliphatic carbocycles. The fourth-order valence-corrected chi connectivity index (χ4v) is 2.77. The molecule has 0 unspecified atom stereocenters. The summed E-state index contributed by atoms with van der Waals surface area (Å²) in [5.74, 6) is -0.882. The van der Waals surface area contributed by atoms with Crippen molar-refractivity contribution in [3.8, 4) is 5.75 Å². The molecule has 0 aliphatic heterocycles. The number of nitrogens with zero attached hydrogens (tertiary/aromatic N) is 1. The highest BCUT2D eigenvalue weighted by Crippen LogP contribution is 2.24. The van der Waals surface area contributed by atoms with Crippen LogP contribution in [0.3, 0.4) is 0 Å². The fourth-order valence-electron chi connectivity index (χ4n) is 2.77. The first kappa shape index (κ1) is 25.4. The van der Waals surface area contributed by atoms with E-state index in [1.165, 1.54) is 49.8 Å². The number of nitrogens with one attached hydrogen (secondary N) is 3. The number of hydrogen-bond donors (Lipinski definition) is 3. The lowest BCUT2D eigenvalue weighted by Crippen LogP contribution is -2.30. The van der Waals surface area contributed by atoms with Crippen LogP contribution in [0.5, 0.6) is 5.75 Å². The third-order valence-electron chi connectivity index (χ3n) is 4.27. The van der Waals surface area contributed by atoms with Gasteiger partial charge in [0.05, 0.1) is 23.4 Å². The van der Waals surface area contributed by atoms with E-state index in [4.69, 9.17) is 0 Å². The van der Waals surface area contributed by atoms with E-state index in [1.807, 2.05) is 20.8 Å². The number of halogens is 3. The largest absolute Gasteiger partial charge is 0.573 e. The van der Waals surface area contributed by atoms with Crippen molar-refractivity contribution in [2.24, 2.45) is 0 Å². The minimum atomic E-state index is -4.75. The van der Waals surface area contributed by atoms with E-state index in [9.17, 15) is 22.8 Å². The molecule has 0 radical (unpaired) electrons. The number of hydrogen-bond acceptors (Lipinski definition) is 5. The molecule has 1 heterocycles. The third kappa shape index (κ3) is 7.99. The molecule has 3 N–H and O–H groups in total. The number of aromatic nitrogens is 2. The summed E-state index contributed by atoms with van der Waals surface area (Å²) < 4.78 is 40.5. The smallest absolute Gasteiger partial charge is 0.406 e. The van der Waals surface area contributed by atoms with Crippen LogP contribution in [0.4, 0.5) is 13.2 Å². The van der Waals surface area contributed by atoms with Crippen LogP contribution in [0.15, 0.2) is 54.1 Å². The van der Waals surface area contributed by atoms with Crippen LogP contribution in [-0.4, -0.2) is 35.6 Å². The number of imidazole rings is 1. The van der Waals surface area contributed by atoms with Gasteiger partial charge in [0.15, 0.2) is 6.29 Å². The van der Waals surface area contributed by atoms with Gasteiger partial charge in [-0.2, -0.15) is 0 Å². The van der Waals surface area contributed by atoms with Crippen LogP contribution in [0.1, 0.15) is 37.7 Å². The van der Waals surface area contributed by atoms with Gasteiger partial charge in [-0.25, -0.2) is 4.98 Å². The van der Waals surface area contributed by atoms with Crippen molar-refractivity contribution in [3.05, 3.63) is 71.1 Å². The van der Waals surface area contributed by atoms with Gasteiger partial charge in [0, 0.05) is 18.2 Å². The summed E-state index contributed by atoms with van der Waals surface area (Å²) in [4.78, 5) is 31.3. The zero-order chi connectivity index (χ0) is 24.6. The van der Waals surface area contributed by atoms with Gasteiger partial charge in [-0.15, -0.1) is 13.2 Å². The number of amides is 1. The molecule has 1 amide bonds. The number of likely N-dealkylation sites (N-methyl/N-ethyl adjacent to an activating group) is 1. The fraction of sp³-hybridized carbons (Fsp3) is 0.261. The minimum absolute atomic E-state index is 0.0305. The molecule has 33 heavy (non-hydrogen) atoms.